The molecule has 0 aliphatic heterocycles. The lowest BCUT2D eigenvalue weighted by atomic mass is 10.1. The molecule has 0 fully saturated rings. The molecule has 2 heteroatoms. The minimum Gasteiger partial charge on any atom is -0.143 e. The van der Waals surface area contributed by atoms with E-state index in [0.717, 1.165) is 17.7 Å². The molecule has 0 rings (SSSR count). The Balaban J connectivity index is 4.10. The van der Waals surface area contributed by atoms with Gasteiger partial charge < -0.3 is 0 Å². The lowest BCUT2D eigenvalue weighted by Crippen LogP contribution is -1.80. The Morgan fingerprint density at radius 3 is 2.45 bits per heavy atom. The van der Waals surface area contributed by atoms with E-state index in [1.807, 2.05) is 6.08 Å². The fraction of sp³-hybridized carbons (Fsp3) is 0.556. The zero-order valence-corrected chi connectivity index (χ0v) is 8.75. The highest BCUT2D eigenvalue weighted by atomic mass is 35.5. The molecule has 0 spiro atoms. The maximum Gasteiger partial charge on any atom is 0.0176 e. The van der Waals surface area contributed by atoms with E-state index in [0.29, 0.717) is 0 Å². The minimum absolute atomic E-state index is 0.844. The fourth-order valence-corrected chi connectivity index (χ4v) is 1.16. The molecule has 0 aromatic carbocycles. The molecule has 0 aromatic heterocycles. The SMILES string of the molecule is CCC/C(=C\C(S)=C\Cl)CC. The van der Waals surface area contributed by atoms with Crippen molar-refractivity contribution < 1.29 is 0 Å². The van der Waals surface area contributed by atoms with Gasteiger partial charge in [-0.3, -0.25) is 0 Å². The number of thiol groups is 1. The van der Waals surface area contributed by atoms with Crippen molar-refractivity contribution in [1.29, 1.82) is 0 Å². The average molecular weight is 191 g/mol. The van der Waals surface area contributed by atoms with Crippen LogP contribution < -0.4 is 0 Å². The predicted molar refractivity (Wildman–Crippen MR) is 56.2 cm³/mol. The Morgan fingerprint density at radius 1 is 1.45 bits per heavy atom. The van der Waals surface area contributed by atoms with Crippen LogP contribution in [0.4, 0.5) is 0 Å². The second-order valence-electron chi connectivity index (χ2n) is 2.44. The van der Waals surface area contributed by atoms with Crippen LogP contribution in [0.15, 0.2) is 22.1 Å². The number of hydrogen-bond donors (Lipinski definition) is 1. The van der Waals surface area contributed by atoms with Crippen LogP contribution in [0, 0.1) is 0 Å². The van der Waals surface area contributed by atoms with E-state index in [4.69, 9.17) is 11.6 Å². The van der Waals surface area contributed by atoms with Crippen molar-refractivity contribution in [1.82, 2.24) is 0 Å². The number of hydrogen-bond acceptors (Lipinski definition) is 1. The monoisotopic (exact) mass is 190 g/mol. The van der Waals surface area contributed by atoms with Crippen molar-refractivity contribution in [3.8, 4) is 0 Å². The number of halogens is 1. The summed E-state index contributed by atoms with van der Waals surface area (Å²) in [5.41, 5.74) is 2.91. The summed E-state index contributed by atoms with van der Waals surface area (Å²) in [6.45, 7) is 4.32. The fourth-order valence-electron chi connectivity index (χ4n) is 0.913. The Labute approximate surface area is 79.7 Å². The van der Waals surface area contributed by atoms with Gasteiger partial charge in [0.15, 0.2) is 0 Å². The summed E-state index contributed by atoms with van der Waals surface area (Å²) >= 11 is 9.64. The van der Waals surface area contributed by atoms with E-state index in [9.17, 15) is 0 Å². The maximum atomic E-state index is 5.47. The standard InChI is InChI=1S/C9H15ClS/c1-3-5-8(4-2)6-9(11)7-10/h6-7,11H,3-5H2,1-2H3/b8-6-,9-7-. The lowest BCUT2D eigenvalue weighted by molar-refractivity contribution is 0.858. The van der Waals surface area contributed by atoms with Gasteiger partial charge in [0.05, 0.1) is 0 Å². The van der Waals surface area contributed by atoms with Crippen molar-refractivity contribution in [3.63, 3.8) is 0 Å². The van der Waals surface area contributed by atoms with Crippen LogP contribution in [0.2, 0.25) is 0 Å². The highest BCUT2D eigenvalue weighted by Gasteiger charge is 1.92. The van der Waals surface area contributed by atoms with E-state index in [2.05, 4.69) is 26.5 Å². The van der Waals surface area contributed by atoms with Crippen LogP contribution in [0.5, 0.6) is 0 Å². The summed E-state index contributed by atoms with van der Waals surface area (Å²) in [5, 5.41) is 0. The van der Waals surface area contributed by atoms with Crippen LogP contribution in [0.3, 0.4) is 0 Å². The van der Waals surface area contributed by atoms with Gasteiger partial charge in [-0.1, -0.05) is 37.4 Å². The Morgan fingerprint density at radius 2 is 2.09 bits per heavy atom. The van der Waals surface area contributed by atoms with Crippen molar-refractivity contribution >= 4 is 24.2 Å². The third-order valence-electron chi connectivity index (χ3n) is 1.49. The molecule has 11 heavy (non-hydrogen) atoms. The molecule has 0 amide bonds. The Hall–Kier alpha value is 0.120. The lowest BCUT2D eigenvalue weighted by Gasteiger charge is -2.00. The second-order valence-corrected chi connectivity index (χ2v) is 3.17. The predicted octanol–water partition coefficient (Wildman–Crippen LogP) is 4.13. The van der Waals surface area contributed by atoms with Crippen molar-refractivity contribution in [2.24, 2.45) is 0 Å². The molecule has 0 nitrogen and oxygen atoms in total. The van der Waals surface area contributed by atoms with Gasteiger partial charge in [-0.15, -0.1) is 12.6 Å². The molecule has 0 aromatic rings. The molecule has 0 unspecified atom stereocenters. The highest BCUT2D eigenvalue weighted by Crippen LogP contribution is 2.14. The van der Waals surface area contributed by atoms with Gasteiger partial charge in [0.2, 0.25) is 0 Å². The summed E-state index contributed by atoms with van der Waals surface area (Å²) < 4.78 is 0. The molecule has 0 aliphatic rings. The Bertz CT molecular complexity index is 159. The highest BCUT2D eigenvalue weighted by molar-refractivity contribution is 7.84. The van der Waals surface area contributed by atoms with Gasteiger partial charge in [-0.2, -0.15) is 0 Å². The molecule has 0 aliphatic carbocycles. The first-order valence-corrected chi connectivity index (χ1v) is 4.81. The van der Waals surface area contributed by atoms with Crippen LogP contribution in [-0.2, 0) is 0 Å². The van der Waals surface area contributed by atoms with Crippen LogP contribution in [-0.4, -0.2) is 0 Å². The van der Waals surface area contributed by atoms with Gasteiger partial charge in [0, 0.05) is 10.4 Å². The summed E-state index contributed by atoms with van der Waals surface area (Å²) in [7, 11) is 0. The van der Waals surface area contributed by atoms with E-state index in [1.54, 1.807) is 0 Å². The first-order valence-electron chi connectivity index (χ1n) is 3.93. The van der Waals surface area contributed by atoms with Crippen molar-refractivity contribution in [2.45, 2.75) is 33.1 Å². The first-order chi connectivity index (χ1) is 5.24. The largest absolute Gasteiger partial charge is 0.143 e. The second kappa shape index (κ2) is 6.81. The molecule has 0 radical (unpaired) electrons. The topological polar surface area (TPSA) is 0 Å². The van der Waals surface area contributed by atoms with Crippen LogP contribution in [0.25, 0.3) is 0 Å². The molecule has 0 atom stereocenters. The van der Waals surface area contributed by atoms with Crippen molar-refractivity contribution in [2.75, 3.05) is 0 Å². The van der Waals surface area contributed by atoms with Gasteiger partial charge in [0.25, 0.3) is 0 Å². The molecule has 0 heterocycles. The van der Waals surface area contributed by atoms with Gasteiger partial charge in [-0.25, -0.2) is 0 Å². The number of allylic oxidation sites excluding steroid dienone is 2. The Kier molecular flexibility index (Phi) is 6.88. The summed E-state index contributed by atoms with van der Waals surface area (Å²) in [5.74, 6) is 0. The van der Waals surface area contributed by atoms with E-state index in [-0.39, 0.29) is 0 Å². The van der Waals surface area contributed by atoms with Gasteiger partial charge >= 0.3 is 0 Å². The van der Waals surface area contributed by atoms with E-state index >= 15 is 0 Å². The summed E-state index contributed by atoms with van der Waals surface area (Å²) in [6.07, 6.45) is 5.45. The molecular weight excluding hydrogens is 176 g/mol. The molecular formula is C9H15ClS. The van der Waals surface area contributed by atoms with E-state index < -0.39 is 0 Å². The zero-order valence-electron chi connectivity index (χ0n) is 7.10. The first kappa shape index (κ1) is 11.1. The van der Waals surface area contributed by atoms with Gasteiger partial charge in [-0.05, 0) is 18.9 Å². The molecule has 64 valence electrons. The van der Waals surface area contributed by atoms with Crippen molar-refractivity contribution in [3.05, 3.63) is 22.1 Å². The quantitative estimate of drug-likeness (QED) is 0.500. The third kappa shape index (κ3) is 5.40. The molecule has 0 N–H and O–H groups in total. The summed E-state index contributed by atoms with van der Waals surface area (Å²) in [6, 6.07) is 0. The van der Waals surface area contributed by atoms with Crippen LogP contribution >= 0.6 is 24.2 Å². The van der Waals surface area contributed by atoms with Crippen LogP contribution in [0.1, 0.15) is 33.1 Å². The molecule has 0 saturated carbocycles. The zero-order chi connectivity index (χ0) is 8.69. The number of rotatable bonds is 4. The van der Waals surface area contributed by atoms with E-state index in [1.165, 1.54) is 17.5 Å². The molecule has 0 saturated heterocycles. The minimum atomic E-state index is 0.844. The summed E-state index contributed by atoms with van der Waals surface area (Å²) in [4.78, 5) is 0.844. The smallest absolute Gasteiger partial charge is 0.0176 e. The molecule has 0 bridgehead atoms. The normalized spacial score (nSPS) is 13.8. The van der Waals surface area contributed by atoms with Gasteiger partial charge in [0.1, 0.15) is 0 Å². The maximum absolute atomic E-state index is 5.47. The average Bonchev–Trinajstić information content (AvgIpc) is 2.03. The third-order valence-corrected chi connectivity index (χ3v) is 2.13.